The lowest BCUT2D eigenvalue weighted by atomic mass is 9.94. The summed E-state index contributed by atoms with van der Waals surface area (Å²) in [5.74, 6) is 0.165. The van der Waals surface area contributed by atoms with Crippen molar-refractivity contribution in [1.82, 2.24) is 15.6 Å². The van der Waals surface area contributed by atoms with E-state index in [4.69, 9.17) is 23.2 Å². The third-order valence-electron chi connectivity index (χ3n) is 3.09. The molecule has 1 aromatic rings. The summed E-state index contributed by atoms with van der Waals surface area (Å²) in [6.07, 6.45) is 2.16. The van der Waals surface area contributed by atoms with E-state index in [0.29, 0.717) is 16.6 Å². The molecule has 0 aliphatic carbocycles. The highest BCUT2D eigenvalue weighted by molar-refractivity contribution is 6.42. The first-order chi connectivity index (χ1) is 9.47. The average Bonchev–Trinajstić information content (AvgIpc) is 2.38. The van der Waals surface area contributed by atoms with Gasteiger partial charge in [-0.05, 0) is 12.3 Å². The molecule has 8 heteroatoms. The second kappa shape index (κ2) is 6.28. The lowest BCUT2D eigenvalue weighted by Crippen LogP contribution is -2.55. The Kier molecular flexibility index (Phi) is 4.67. The Labute approximate surface area is 126 Å². The Morgan fingerprint density at radius 3 is 2.85 bits per heavy atom. The number of nitrogens with zero attached hydrogens (tertiary/aromatic N) is 1. The first kappa shape index (κ1) is 14.9. The number of nitrogens with one attached hydrogen (secondary N) is 3. The standard InChI is InChI=1S/C12H14Cl2N4O2/c1-6-2-3-15-11(19)10(6)18-12(20)17-9-4-7(13)8(14)5-16-9/h4-6,10H,2-3H2,1H3,(H,15,19)(H2,16,17,18,20)/t6-,10-/m1/s1. The predicted octanol–water partition coefficient (Wildman–Crippen LogP) is 2.03. The van der Waals surface area contributed by atoms with Crippen LogP contribution in [0.3, 0.4) is 0 Å². The molecule has 3 amide bonds. The van der Waals surface area contributed by atoms with Crippen LogP contribution >= 0.6 is 23.2 Å². The zero-order chi connectivity index (χ0) is 14.7. The first-order valence-corrected chi connectivity index (χ1v) is 6.89. The molecule has 1 aromatic heterocycles. The second-order valence-corrected chi connectivity index (χ2v) is 5.43. The van der Waals surface area contributed by atoms with E-state index in [-0.39, 0.29) is 17.6 Å². The molecule has 2 heterocycles. The predicted molar refractivity (Wildman–Crippen MR) is 77.0 cm³/mol. The Hall–Kier alpha value is -1.53. The molecular weight excluding hydrogens is 303 g/mol. The van der Waals surface area contributed by atoms with E-state index in [1.165, 1.54) is 12.3 Å². The summed E-state index contributed by atoms with van der Waals surface area (Å²) in [4.78, 5) is 27.5. The van der Waals surface area contributed by atoms with Gasteiger partial charge in [0.2, 0.25) is 5.91 Å². The zero-order valence-electron chi connectivity index (χ0n) is 10.7. The van der Waals surface area contributed by atoms with Gasteiger partial charge in [0.15, 0.2) is 0 Å². The molecule has 0 bridgehead atoms. The quantitative estimate of drug-likeness (QED) is 0.780. The molecule has 1 fully saturated rings. The van der Waals surface area contributed by atoms with Gasteiger partial charge in [-0.2, -0.15) is 0 Å². The van der Waals surface area contributed by atoms with Gasteiger partial charge in [0.05, 0.1) is 10.0 Å². The average molecular weight is 317 g/mol. The van der Waals surface area contributed by atoms with Crippen molar-refractivity contribution in [3.8, 4) is 0 Å². The van der Waals surface area contributed by atoms with E-state index in [1.54, 1.807) is 0 Å². The van der Waals surface area contributed by atoms with Crippen LogP contribution in [0.1, 0.15) is 13.3 Å². The van der Waals surface area contributed by atoms with Crippen LogP contribution in [-0.4, -0.2) is 29.5 Å². The van der Waals surface area contributed by atoms with Crippen molar-refractivity contribution in [2.75, 3.05) is 11.9 Å². The van der Waals surface area contributed by atoms with Gasteiger partial charge in [-0.1, -0.05) is 30.1 Å². The fourth-order valence-electron chi connectivity index (χ4n) is 1.94. The number of carbonyl (C=O) groups is 2. The van der Waals surface area contributed by atoms with E-state index in [0.717, 1.165) is 6.42 Å². The number of rotatable bonds is 2. The van der Waals surface area contributed by atoms with Crippen LogP contribution in [0.25, 0.3) is 0 Å². The van der Waals surface area contributed by atoms with Crippen molar-refractivity contribution in [3.63, 3.8) is 0 Å². The van der Waals surface area contributed by atoms with Crippen LogP contribution in [0.2, 0.25) is 10.0 Å². The Balaban J connectivity index is 1.98. The van der Waals surface area contributed by atoms with Crippen molar-refractivity contribution in [2.45, 2.75) is 19.4 Å². The number of urea groups is 1. The number of pyridine rings is 1. The minimum Gasteiger partial charge on any atom is -0.354 e. The molecule has 2 rings (SSSR count). The van der Waals surface area contributed by atoms with Crippen molar-refractivity contribution >= 4 is 41.0 Å². The highest BCUT2D eigenvalue weighted by atomic mass is 35.5. The largest absolute Gasteiger partial charge is 0.354 e. The highest BCUT2D eigenvalue weighted by Crippen LogP contribution is 2.22. The van der Waals surface area contributed by atoms with Crippen LogP contribution in [0.5, 0.6) is 0 Å². The molecule has 1 aliphatic heterocycles. The number of amides is 3. The maximum Gasteiger partial charge on any atom is 0.321 e. The lowest BCUT2D eigenvalue weighted by Gasteiger charge is -2.28. The SMILES string of the molecule is C[C@@H]1CCNC(=O)[C@@H]1NC(=O)Nc1cc(Cl)c(Cl)cn1. The zero-order valence-corrected chi connectivity index (χ0v) is 12.3. The molecule has 0 spiro atoms. The van der Waals surface area contributed by atoms with Gasteiger partial charge in [-0.15, -0.1) is 0 Å². The maximum absolute atomic E-state index is 11.8. The van der Waals surface area contributed by atoms with Gasteiger partial charge in [-0.25, -0.2) is 9.78 Å². The molecule has 3 N–H and O–H groups in total. The van der Waals surface area contributed by atoms with Gasteiger partial charge >= 0.3 is 6.03 Å². The minimum atomic E-state index is -0.550. The second-order valence-electron chi connectivity index (χ2n) is 4.62. The number of hydrogen-bond donors (Lipinski definition) is 3. The monoisotopic (exact) mass is 316 g/mol. The Morgan fingerprint density at radius 1 is 1.45 bits per heavy atom. The van der Waals surface area contributed by atoms with Crippen molar-refractivity contribution in [1.29, 1.82) is 0 Å². The molecule has 20 heavy (non-hydrogen) atoms. The number of piperidine rings is 1. The van der Waals surface area contributed by atoms with Crippen molar-refractivity contribution < 1.29 is 9.59 Å². The van der Waals surface area contributed by atoms with Crippen LogP contribution < -0.4 is 16.0 Å². The minimum absolute atomic E-state index is 0.0799. The molecule has 0 aromatic carbocycles. The van der Waals surface area contributed by atoms with E-state index in [1.807, 2.05) is 6.92 Å². The third-order valence-corrected chi connectivity index (χ3v) is 3.80. The summed E-state index contributed by atoms with van der Waals surface area (Å²) in [5.41, 5.74) is 0. The first-order valence-electron chi connectivity index (χ1n) is 6.13. The van der Waals surface area contributed by atoms with Crippen molar-refractivity contribution in [3.05, 3.63) is 22.3 Å². The van der Waals surface area contributed by atoms with Gasteiger partial charge in [0, 0.05) is 18.8 Å². The summed E-state index contributed by atoms with van der Waals surface area (Å²) < 4.78 is 0. The molecular formula is C12H14Cl2N4O2. The number of carbonyl (C=O) groups excluding carboxylic acids is 2. The van der Waals surface area contributed by atoms with Crippen LogP contribution in [0, 0.1) is 5.92 Å². The van der Waals surface area contributed by atoms with Crippen LogP contribution in [0.15, 0.2) is 12.3 Å². The summed E-state index contributed by atoms with van der Waals surface area (Å²) in [5, 5.41) is 8.45. The molecule has 6 nitrogen and oxygen atoms in total. The smallest absolute Gasteiger partial charge is 0.321 e. The highest BCUT2D eigenvalue weighted by Gasteiger charge is 2.30. The summed E-state index contributed by atoms with van der Waals surface area (Å²) >= 11 is 11.6. The van der Waals surface area contributed by atoms with E-state index in [9.17, 15) is 9.59 Å². The number of hydrogen-bond acceptors (Lipinski definition) is 3. The van der Waals surface area contributed by atoms with E-state index >= 15 is 0 Å². The third kappa shape index (κ3) is 3.52. The number of halogens is 2. The summed E-state index contributed by atoms with van der Waals surface area (Å²) in [6.45, 7) is 2.55. The summed E-state index contributed by atoms with van der Waals surface area (Å²) in [7, 11) is 0. The van der Waals surface area contributed by atoms with Crippen LogP contribution in [0.4, 0.5) is 10.6 Å². The van der Waals surface area contributed by atoms with Gasteiger partial charge < -0.3 is 10.6 Å². The fourth-order valence-corrected chi connectivity index (χ4v) is 2.20. The van der Waals surface area contributed by atoms with Gasteiger partial charge in [0.1, 0.15) is 11.9 Å². The van der Waals surface area contributed by atoms with Crippen LogP contribution in [-0.2, 0) is 4.79 Å². The number of anilines is 1. The molecule has 0 unspecified atom stereocenters. The molecule has 0 saturated carbocycles. The lowest BCUT2D eigenvalue weighted by molar-refractivity contribution is -0.125. The van der Waals surface area contributed by atoms with Gasteiger partial charge in [-0.3, -0.25) is 10.1 Å². The van der Waals surface area contributed by atoms with Gasteiger partial charge in [0.25, 0.3) is 0 Å². The molecule has 0 radical (unpaired) electrons. The maximum atomic E-state index is 11.8. The Morgan fingerprint density at radius 2 is 2.20 bits per heavy atom. The number of aromatic nitrogens is 1. The Bertz CT molecular complexity index is 538. The molecule has 2 atom stereocenters. The fraction of sp³-hybridized carbons (Fsp3) is 0.417. The topological polar surface area (TPSA) is 83.1 Å². The molecule has 1 saturated heterocycles. The molecule has 108 valence electrons. The molecule has 1 aliphatic rings. The van der Waals surface area contributed by atoms with E-state index in [2.05, 4.69) is 20.9 Å². The van der Waals surface area contributed by atoms with Crippen molar-refractivity contribution in [2.24, 2.45) is 5.92 Å². The summed E-state index contributed by atoms with van der Waals surface area (Å²) in [6, 6.07) is 0.379. The van der Waals surface area contributed by atoms with E-state index < -0.39 is 12.1 Å². The normalized spacial score (nSPS) is 22.1.